The minimum absolute atomic E-state index is 0.140. The monoisotopic (exact) mass is 370 g/mol. The molecule has 3 heterocycles. The van der Waals surface area contributed by atoms with Gasteiger partial charge in [-0.3, -0.25) is 4.90 Å². The van der Waals surface area contributed by atoms with Crippen LogP contribution in [0.3, 0.4) is 0 Å². The second kappa shape index (κ2) is 7.17. The number of hydrogen-bond donors (Lipinski definition) is 0. The average molecular weight is 370 g/mol. The normalized spacial score (nSPS) is 17.6. The number of nitrogens with zero attached hydrogens (tertiary/aromatic N) is 4. The van der Waals surface area contributed by atoms with Crippen LogP contribution in [-0.2, 0) is 20.1 Å². The van der Waals surface area contributed by atoms with Gasteiger partial charge in [-0.05, 0) is 43.8 Å². The van der Waals surface area contributed by atoms with Crippen molar-refractivity contribution < 1.29 is 9.15 Å². The molecule has 1 aliphatic heterocycles. The minimum atomic E-state index is 0.140. The molecule has 4 rings (SSSR count). The number of aryl methyl sites for hydroxylation is 2. The Labute approximate surface area is 157 Å². The van der Waals surface area contributed by atoms with Crippen LogP contribution in [0.1, 0.15) is 23.8 Å². The van der Waals surface area contributed by atoms with Crippen LogP contribution in [0, 0.1) is 6.92 Å². The summed E-state index contributed by atoms with van der Waals surface area (Å²) in [4.78, 5) is 2.37. The van der Waals surface area contributed by atoms with E-state index in [1.165, 1.54) is 22.9 Å². The predicted molar refractivity (Wildman–Crippen MR) is 99.2 cm³/mol. The molecule has 0 bridgehead atoms. The maximum absolute atomic E-state index is 6.07. The van der Waals surface area contributed by atoms with Crippen molar-refractivity contribution in [3.8, 4) is 5.75 Å². The highest BCUT2D eigenvalue weighted by molar-refractivity contribution is 7.99. The Bertz CT molecular complexity index is 905. The number of fused-ring (bicyclic) bond motifs is 1. The van der Waals surface area contributed by atoms with Crippen molar-refractivity contribution in [3.05, 3.63) is 53.5 Å². The summed E-state index contributed by atoms with van der Waals surface area (Å²) in [6, 6.07) is 10.4. The zero-order chi connectivity index (χ0) is 18.1. The minimum Gasteiger partial charge on any atom is -0.489 e. The quantitative estimate of drug-likeness (QED) is 0.699. The summed E-state index contributed by atoms with van der Waals surface area (Å²) < 4.78 is 14.0. The van der Waals surface area contributed by atoms with E-state index in [2.05, 4.69) is 47.1 Å². The van der Waals surface area contributed by atoms with Gasteiger partial charge in [0.1, 0.15) is 23.9 Å². The van der Waals surface area contributed by atoms with E-state index in [0.717, 1.165) is 41.4 Å². The van der Waals surface area contributed by atoms with Crippen molar-refractivity contribution in [2.45, 2.75) is 43.3 Å². The molecular formula is C19H22N4O2S. The standard InChI is InChI=1S/C19H22N4O2S/c1-13-4-6-17-15(8-13)10-23(9-14(2)24-17)11-16-5-7-18(25-16)26-19-21-20-12-22(19)3/h4-8,12,14H,9-11H2,1-3H3/t14-/m1/s1. The summed E-state index contributed by atoms with van der Waals surface area (Å²) in [5.41, 5.74) is 2.48. The number of furan rings is 1. The number of hydrogen-bond acceptors (Lipinski definition) is 6. The molecule has 0 saturated heterocycles. The van der Waals surface area contributed by atoms with E-state index in [1.54, 1.807) is 6.33 Å². The van der Waals surface area contributed by atoms with Gasteiger partial charge in [0.15, 0.2) is 10.2 Å². The molecule has 0 spiro atoms. The molecule has 1 atom stereocenters. The van der Waals surface area contributed by atoms with Crippen LogP contribution in [0.15, 0.2) is 51.3 Å². The SMILES string of the molecule is Cc1ccc2c(c1)CN(Cc1ccc(Sc3nncn3C)o1)C[C@@H](C)O2. The van der Waals surface area contributed by atoms with Crippen LogP contribution in [0.2, 0.25) is 0 Å². The molecule has 1 aromatic carbocycles. The fourth-order valence-corrected chi connectivity index (χ4v) is 3.91. The molecule has 0 fully saturated rings. The van der Waals surface area contributed by atoms with Gasteiger partial charge < -0.3 is 13.7 Å². The van der Waals surface area contributed by atoms with Crippen LogP contribution >= 0.6 is 11.8 Å². The van der Waals surface area contributed by atoms with Crippen LogP contribution in [-0.4, -0.2) is 32.3 Å². The molecule has 7 heteroatoms. The van der Waals surface area contributed by atoms with E-state index < -0.39 is 0 Å². The molecular weight excluding hydrogens is 348 g/mol. The number of ether oxygens (including phenoxy) is 1. The third-order valence-corrected chi connectivity index (χ3v) is 5.30. The van der Waals surface area contributed by atoms with Crippen molar-refractivity contribution in [2.24, 2.45) is 7.05 Å². The third kappa shape index (κ3) is 3.78. The topological polar surface area (TPSA) is 56.3 Å². The lowest BCUT2D eigenvalue weighted by atomic mass is 10.1. The number of rotatable bonds is 4. The van der Waals surface area contributed by atoms with E-state index in [0.29, 0.717) is 0 Å². The van der Waals surface area contributed by atoms with Crippen LogP contribution < -0.4 is 4.74 Å². The predicted octanol–water partition coefficient (Wildman–Crippen LogP) is 3.65. The molecule has 0 radical (unpaired) electrons. The summed E-state index contributed by atoms with van der Waals surface area (Å²) in [6.07, 6.45) is 1.82. The van der Waals surface area contributed by atoms with Gasteiger partial charge in [-0.25, -0.2) is 0 Å². The van der Waals surface area contributed by atoms with Crippen molar-refractivity contribution in [1.29, 1.82) is 0 Å². The van der Waals surface area contributed by atoms with Gasteiger partial charge in [-0.15, -0.1) is 10.2 Å². The van der Waals surface area contributed by atoms with Crippen molar-refractivity contribution in [1.82, 2.24) is 19.7 Å². The van der Waals surface area contributed by atoms with Crippen LogP contribution in [0.4, 0.5) is 0 Å². The third-order valence-electron chi connectivity index (χ3n) is 4.33. The van der Waals surface area contributed by atoms with Gasteiger partial charge in [0, 0.05) is 25.7 Å². The Morgan fingerprint density at radius 3 is 2.96 bits per heavy atom. The Kier molecular flexibility index (Phi) is 4.74. The highest BCUT2D eigenvalue weighted by atomic mass is 32.2. The second-order valence-electron chi connectivity index (χ2n) is 6.76. The van der Waals surface area contributed by atoms with Crippen molar-refractivity contribution >= 4 is 11.8 Å². The lowest BCUT2D eigenvalue weighted by molar-refractivity contribution is 0.148. The summed E-state index contributed by atoms with van der Waals surface area (Å²) in [5, 5.41) is 9.61. The first-order chi connectivity index (χ1) is 12.6. The maximum atomic E-state index is 6.07. The van der Waals surface area contributed by atoms with Gasteiger partial charge in [-0.2, -0.15) is 0 Å². The van der Waals surface area contributed by atoms with E-state index in [-0.39, 0.29) is 6.10 Å². The molecule has 0 aliphatic carbocycles. The van der Waals surface area contributed by atoms with Gasteiger partial charge in [0.2, 0.25) is 0 Å². The highest BCUT2D eigenvalue weighted by Gasteiger charge is 2.21. The first-order valence-corrected chi connectivity index (χ1v) is 9.47. The largest absolute Gasteiger partial charge is 0.489 e. The maximum Gasteiger partial charge on any atom is 0.198 e. The molecule has 0 amide bonds. The molecule has 2 aromatic heterocycles. The second-order valence-corrected chi connectivity index (χ2v) is 7.73. The van der Waals surface area contributed by atoms with E-state index in [4.69, 9.17) is 9.15 Å². The van der Waals surface area contributed by atoms with Crippen molar-refractivity contribution in [3.63, 3.8) is 0 Å². The summed E-state index contributed by atoms with van der Waals surface area (Å²) in [6.45, 7) is 6.69. The van der Waals surface area contributed by atoms with E-state index in [1.807, 2.05) is 23.7 Å². The highest BCUT2D eigenvalue weighted by Crippen LogP contribution is 2.30. The van der Waals surface area contributed by atoms with Gasteiger partial charge in [0.05, 0.1) is 6.54 Å². The van der Waals surface area contributed by atoms with Crippen LogP contribution in [0.25, 0.3) is 0 Å². The Balaban J connectivity index is 1.47. The lowest BCUT2D eigenvalue weighted by Gasteiger charge is -2.20. The van der Waals surface area contributed by atoms with E-state index >= 15 is 0 Å². The number of aromatic nitrogens is 3. The molecule has 3 aromatic rings. The summed E-state index contributed by atoms with van der Waals surface area (Å²) in [5.74, 6) is 1.93. The fraction of sp³-hybridized carbons (Fsp3) is 0.368. The zero-order valence-corrected chi connectivity index (χ0v) is 16.0. The molecule has 0 saturated carbocycles. The average Bonchev–Trinajstić information content (AvgIpc) is 3.15. The molecule has 0 N–H and O–H groups in total. The fourth-order valence-electron chi connectivity index (χ4n) is 3.16. The van der Waals surface area contributed by atoms with Gasteiger partial charge >= 0.3 is 0 Å². The van der Waals surface area contributed by atoms with E-state index in [9.17, 15) is 0 Å². The lowest BCUT2D eigenvalue weighted by Crippen LogP contribution is -2.30. The first-order valence-electron chi connectivity index (χ1n) is 8.66. The molecule has 1 aliphatic rings. The van der Waals surface area contributed by atoms with Gasteiger partial charge in [-0.1, -0.05) is 17.7 Å². The molecule has 6 nitrogen and oxygen atoms in total. The number of benzene rings is 1. The first kappa shape index (κ1) is 17.2. The van der Waals surface area contributed by atoms with Gasteiger partial charge in [0.25, 0.3) is 0 Å². The summed E-state index contributed by atoms with van der Waals surface area (Å²) in [7, 11) is 1.92. The molecule has 0 unspecified atom stereocenters. The Hall–Kier alpha value is -2.25. The molecule has 26 heavy (non-hydrogen) atoms. The summed E-state index contributed by atoms with van der Waals surface area (Å²) >= 11 is 1.48. The molecule has 136 valence electrons. The Morgan fingerprint density at radius 2 is 2.15 bits per heavy atom. The van der Waals surface area contributed by atoms with Crippen molar-refractivity contribution in [2.75, 3.05) is 6.54 Å². The smallest absolute Gasteiger partial charge is 0.198 e. The Morgan fingerprint density at radius 1 is 1.27 bits per heavy atom. The zero-order valence-electron chi connectivity index (χ0n) is 15.2. The van der Waals surface area contributed by atoms with Crippen LogP contribution in [0.5, 0.6) is 5.75 Å².